The molecule has 0 saturated carbocycles. The van der Waals surface area contributed by atoms with Gasteiger partial charge < -0.3 is 10.9 Å². The van der Waals surface area contributed by atoms with E-state index in [4.69, 9.17) is 10.9 Å². The van der Waals surface area contributed by atoms with Crippen molar-refractivity contribution < 1.29 is 5.21 Å². The number of oxime groups is 1. The van der Waals surface area contributed by atoms with Crippen molar-refractivity contribution in [3.05, 3.63) is 18.0 Å². The molecular formula is C6H10N4O. The molecule has 0 atom stereocenters. The first-order chi connectivity index (χ1) is 5.27. The summed E-state index contributed by atoms with van der Waals surface area (Å²) < 4.78 is 1.70. The summed E-state index contributed by atoms with van der Waals surface area (Å²) >= 11 is 0. The Morgan fingerprint density at radius 3 is 3.09 bits per heavy atom. The predicted octanol–water partition coefficient (Wildman–Crippen LogP) is -0.00250. The van der Waals surface area contributed by atoms with Crippen molar-refractivity contribution in [1.29, 1.82) is 0 Å². The van der Waals surface area contributed by atoms with Crippen molar-refractivity contribution in [3.63, 3.8) is 0 Å². The Kier molecular flexibility index (Phi) is 2.10. The highest BCUT2D eigenvalue weighted by molar-refractivity contribution is 5.94. The highest BCUT2D eigenvalue weighted by Crippen LogP contribution is 1.93. The van der Waals surface area contributed by atoms with Crippen LogP contribution < -0.4 is 5.73 Å². The number of amidine groups is 1. The van der Waals surface area contributed by atoms with Gasteiger partial charge in [0, 0.05) is 12.7 Å². The van der Waals surface area contributed by atoms with Gasteiger partial charge >= 0.3 is 0 Å². The van der Waals surface area contributed by atoms with E-state index in [-0.39, 0.29) is 5.84 Å². The van der Waals surface area contributed by atoms with Crippen LogP contribution in [-0.2, 0) is 6.54 Å². The van der Waals surface area contributed by atoms with Gasteiger partial charge in [0.25, 0.3) is 0 Å². The minimum atomic E-state index is 0.0391. The van der Waals surface area contributed by atoms with Crippen molar-refractivity contribution >= 4 is 5.84 Å². The van der Waals surface area contributed by atoms with Crippen LogP contribution in [0.1, 0.15) is 12.6 Å². The molecule has 0 fully saturated rings. The first-order valence-electron chi connectivity index (χ1n) is 3.29. The maximum Gasteiger partial charge on any atom is 0.190 e. The Bertz CT molecular complexity index is 265. The Hall–Kier alpha value is -1.52. The average molecular weight is 154 g/mol. The number of nitrogens with zero attached hydrogens (tertiary/aromatic N) is 3. The first kappa shape index (κ1) is 7.59. The summed E-state index contributed by atoms with van der Waals surface area (Å²) in [6, 6.07) is 1.69. The zero-order valence-corrected chi connectivity index (χ0v) is 6.23. The smallest absolute Gasteiger partial charge is 0.190 e. The SMILES string of the molecule is CCn1ccc(/C(N)=N/O)n1. The fourth-order valence-corrected chi connectivity index (χ4v) is 0.726. The molecule has 1 aromatic rings. The second-order valence-electron chi connectivity index (χ2n) is 2.04. The molecule has 3 N–H and O–H groups in total. The molecule has 0 radical (unpaired) electrons. The van der Waals surface area contributed by atoms with E-state index in [2.05, 4.69) is 10.3 Å². The van der Waals surface area contributed by atoms with Gasteiger partial charge in [0.2, 0.25) is 0 Å². The third-order valence-corrected chi connectivity index (χ3v) is 1.33. The van der Waals surface area contributed by atoms with Crippen LogP contribution in [0.25, 0.3) is 0 Å². The predicted molar refractivity (Wildman–Crippen MR) is 40.4 cm³/mol. The molecular weight excluding hydrogens is 144 g/mol. The molecule has 11 heavy (non-hydrogen) atoms. The van der Waals surface area contributed by atoms with Crippen molar-refractivity contribution in [3.8, 4) is 0 Å². The van der Waals surface area contributed by atoms with E-state index < -0.39 is 0 Å². The fraction of sp³-hybridized carbons (Fsp3) is 0.333. The maximum absolute atomic E-state index is 8.28. The summed E-state index contributed by atoms with van der Waals surface area (Å²) in [6.07, 6.45) is 1.77. The molecule has 1 aromatic heterocycles. The standard InChI is InChI=1S/C6H10N4O/c1-2-10-4-3-5(8-10)6(7)9-11/h3-4,11H,2H2,1H3,(H2,7,9). The lowest BCUT2D eigenvalue weighted by Crippen LogP contribution is -2.14. The molecule has 0 spiro atoms. The lowest BCUT2D eigenvalue weighted by molar-refractivity contribution is 0.318. The lowest BCUT2D eigenvalue weighted by atomic mass is 10.4. The van der Waals surface area contributed by atoms with Crippen LogP contribution in [0.3, 0.4) is 0 Å². The van der Waals surface area contributed by atoms with Gasteiger partial charge in [0.15, 0.2) is 5.84 Å². The molecule has 0 unspecified atom stereocenters. The number of hydrogen-bond donors (Lipinski definition) is 2. The van der Waals surface area contributed by atoms with Crippen molar-refractivity contribution in [2.24, 2.45) is 10.9 Å². The monoisotopic (exact) mass is 154 g/mol. The van der Waals surface area contributed by atoms with Gasteiger partial charge in [-0.1, -0.05) is 5.16 Å². The first-order valence-corrected chi connectivity index (χ1v) is 3.29. The quantitative estimate of drug-likeness (QED) is 0.272. The minimum absolute atomic E-state index is 0.0391. The molecule has 0 aliphatic rings. The van der Waals surface area contributed by atoms with Gasteiger partial charge in [-0.3, -0.25) is 4.68 Å². The summed E-state index contributed by atoms with van der Waals surface area (Å²) in [5.41, 5.74) is 5.78. The van der Waals surface area contributed by atoms with E-state index in [0.717, 1.165) is 6.54 Å². The minimum Gasteiger partial charge on any atom is -0.409 e. The van der Waals surface area contributed by atoms with Crippen LogP contribution >= 0.6 is 0 Å². The Morgan fingerprint density at radius 1 is 1.91 bits per heavy atom. The van der Waals surface area contributed by atoms with Crippen LogP contribution in [0.5, 0.6) is 0 Å². The summed E-state index contributed by atoms with van der Waals surface area (Å²) in [6.45, 7) is 2.74. The summed E-state index contributed by atoms with van der Waals surface area (Å²) in [4.78, 5) is 0. The Balaban J connectivity index is 2.89. The van der Waals surface area contributed by atoms with E-state index in [1.54, 1.807) is 16.9 Å². The lowest BCUT2D eigenvalue weighted by Gasteiger charge is -1.92. The molecule has 0 amide bonds. The average Bonchev–Trinajstić information content (AvgIpc) is 2.50. The van der Waals surface area contributed by atoms with Gasteiger partial charge in [-0.15, -0.1) is 0 Å². The number of aromatic nitrogens is 2. The van der Waals surface area contributed by atoms with Crippen molar-refractivity contribution in [2.45, 2.75) is 13.5 Å². The van der Waals surface area contributed by atoms with E-state index >= 15 is 0 Å². The third-order valence-electron chi connectivity index (χ3n) is 1.33. The zero-order valence-electron chi connectivity index (χ0n) is 6.23. The molecule has 1 heterocycles. The van der Waals surface area contributed by atoms with Gasteiger partial charge in [-0.05, 0) is 13.0 Å². The van der Waals surface area contributed by atoms with Crippen molar-refractivity contribution in [1.82, 2.24) is 9.78 Å². The summed E-state index contributed by atoms with van der Waals surface area (Å²) in [5.74, 6) is 0.0391. The molecule has 0 aliphatic carbocycles. The van der Waals surface area contributed by atoms with Gasteiger partial charge in [0.1, 0.15) is 5.69 Å². The van der Waals surface area contributed by atoms with Gasteiger partial charge in [-0.25, -0.2) is 0 Å². The second-order valence-corrected chi connectivity index (χ2v) is 2.04. The van der Waals surface area contributed by atoms with Crippen LogP contribution in [0.2, 0.25) is 0 Å². The molecule has 1 rings (SSSR count). The highest BCUT2D eigenvalue weighted by atomic mass is 16.4. The van der Waals surface area contributed by atoms with Crippen LogP contribution in [0.4, 0.5) is 0 Å². The van der Waals surface area contributed by atoms with Gasteiger partial charge in [0.05, 0.1) is 0 Å². The number of nitrogens with two attached hydrogens (primary N) is 1. The van der Waals surface area contributed by atoms with E-state index in [9.17, 15) is 0 Å². The number of rotatable bonds is 2. The van der Waals surface area contributed by atoms with Crippen LogP contribution in [0, 0.1) is 0 Å². The Morgan fingerprint density at radius 2 is 2.64 bits per heavy atom. The normalized spacial score (nSPS) is 11.9. The zero-order chi connectivity index (χ0) is 8.27. The second kappa shape index (κ2) is 3.05. The summed E-state index contributed by atoms with van der Waals surface area (Å²) in [7, 11) is 0. The van der Waals surface area contributed by atoms with Crippen LogP contribution in [-0.4, -0.2) is 20.8 Å². The number of aryl methyl sites for hydroxylation is 1. The number of hydrogen-bond acceptors (Lipinski definition) is 3. The molecule has 0 saturated heterocycles. The molecule has 0 aliphatic heterocycles. The largest absolute Gasteiger partial charge is 0.409 e. The molecule has 0 aromatic carbocycles. The molecule has 60 valence electrons. The van der Waals surface area contributed by atoms with E-state index in [1.807, 2.05) is 6.92 Å². The maximum atomic E-state index is 8.28. The fourth-order valence-electron chi connectivity index (χ4n) is 0.726. The van der Waals surface area contributed by atoms with Crippen LogP contribution in [0.15, 0.2) is 17.4 Å². The molecule has 5 nitrogen and oxygen atoms in total. The third kappa shape index (κ3) is 1.49. The Labute approximate surface area is 64.1 Å². The topological polar surface area (TPSA) is 76.4 Å². The summed E-state index contributed by atoms with van der Waals surface area (Å²) in [5, 5.41) is 15.1. The van der Waals surface area contributed by atoms with E-state index in [0.29, 0.717) is 5.69 Å². The molecule has 0 bridgehead atoms. The highest BCUT2D eigenvalue weighted by Gasteiger charge is 2.01. The molecule has 5 heteroatoms. The van der Waals surface area contributed by atoms with E-state index in [1.165, 1.54) is 0 Å². The van der Waals surface area contributed by atoms with Crippen molar-refractivity contribution in [2.75, 3.05) is 0 Å². The van der Waals surface area contributed by atoms with Gasteiger partial charge in [-0.2, -0.15) is 5.10 Å².